The molecule has 1 aromatic rings. The summed E-state index contributed by atoms with van der Waals surface area (Å²) in [5, 5.41) is 0. The number of hydrazine groups is 1. The molecule has 20 heavy (non-hydrogen) atoms. The highest BCUT2D eigenvalue weighted by Gasteiger charge is 2.17. The van der Waals surface area contributed by atoms with Crippen LogP contribution in [-0.4, -0.2) is 34.0 Å². The maximum Gasteiger partial charge on any atom is 0.126 e. The van der Waals surface area contributed by atoms with E-state index in [-0.39, 0.29) is 6.04 Å². The predicted molar refractivity (Wildman–Crippen MR) is 79.8 cm³/mol. The van der Waals surface area contributed by atoms with Crippen LogP contribution in [0.2, 0.25) is 0 Å². The highest BCUT2D eigenvalue weighted by Crippen LogP contribution is 2.31. The smallest absolute Gasteiger partial charge is 0.126 e. The second-order valence-corrected chi connectivity index (χ2v) is 4.74. The van der Waals surface area contributed by atoms with Crippen LogP contribution in [0.3, 0.4) is 0 Å². The summed E-state index contributed by atoms with van der Waals surface area (Å²) in [7, 11) is 3.35. The van der Waals surface area contributed by atoms with Crippen molar-refractivity contribution in [1.82, 2.24) is 5.43 Å². The van der Waals surface area contributed by atoms with Gasteiger partial charge in [0.05, 0.1) is 26.4 Å². The Hall–Kier alpha value is -1.14. The van der Waals surface area contributed by atoms with Crippen LogP contribution >= 0.6 is 0 Å². The fraction of sp³-hybridized carbons (Fsp3) is 0.600. The minimum Gasteiger partial charge on any atom is -0.496 e. The second-order valence-electron chi connectivity index (χ2n) is 4.74. The molecule has 0 aliphatic heterocycles. The third kappa shape index (κ3) is 4.45. The van der Waals surface area contributed by atoms with Crippen LogP contribution in [-0.2, 0) is 9.47 Å². The molecule has 0 fully saturated rings. The first kappa shape index (κ1) is 16.9. The number of rotatable bonds is 9. The summed E-state index contributed by atoms with van der Waals surface area (Å²) in [6.07, 6.45) is 0.777. The topological polar surface area (TPSA) is 65.7 Å². The van der Waals surface area contributed by atoms with E-state index < -0.39 is 0 Å². The van der Waals surface area contributed by atoms with Gasteiger partial charge in [0.25, 0.3) is 0 Å². The summed E-state index contributed by atoms with van der Waals surface area (Å²) in [4.78, 5) is 0. The van der Waals surface area contributed by atoms with Crippen molar-refractivity contribution in [3.05, 3.63) is 28.8 Å². The van der Waals surface area contributed by atoms with Gasteiger partial charge in [0.1, 0.15) is 5.75 Å². The lowest BCUT2D eigenvalue weighted by Crippen LogP contribution is -2.29. The van der Waals surface area contributed by atoms with Gasteiger partial charge in [-0.3, -0.25) is 11.3 Å². The van der Waals surface area contributed by atoms with Gasteiger partial charge in [0, 0.05) is 19.3 Å². The zero-order valence-electron chi connectivity index (χ0n) is 12.9. The number of ether oxygens (including phenoxy) is 3. The van der Waals surface area contributed by atoms with E-state index in [1.807, 2.05) is 0 Å². The van der Waals surface area contributed by atoms with Gasteiger partial charge in [0.2, 0.25) is 0 Å². The third-order valence-corrected chi connectivity index (χ3v) is 3.47. The fourth-order valence-electron chi connectivity index (χ4n) is 2.13. The molecule has 1 rings (SSSR count). The van der Waals surface area contributed by atoms with Crippen LogP contribution in [0.5, 0.6) is 5.75 Å². The van der Waals surface area contributed by atoms with E-state index in [9.17, 15) is 0 Å². The zero-order valence-corrected chi connectivity index (χ0v) is 12.9. The zero-order chi connectivity index (χ0) is 15.0. The van der Waals surface area contributed by atoms with E-state index in [1.54, 1.807) is 14.2 Å². The third-order valence-electron chi connectivity index (χ3n) is 3.47. The first-order valence-corrected chi connectivity index (χ1v) is 6.82. The van der Waals surface area contributed by atoms with Crippen LogP contribution in [0.4, 0.5) is 0 Å². The van der Waals surface area contributed by atoms with Gasteiger partial charge in [-0.2, -0.15) is 0 Å². The van der Waals surface area contributed by atoms with Gasteiger partial charge in [-0.1, -0.05) is 12.1 Å². The number of hydrogen-bond donors (Lipinski definition) is 2. The largest absolute Gasteiger partial charge is 0.496 e. The molecular formula is C15H26N2O3. The summed E-state index contributed by atoms with van der Waals surface area (Å²) < 4.78 is 16.0. The van der Waals surface area contributed by atoms with Gasteiger partial charge < -0.3 is 14.2 Å². The van der Waals surface area contributed by atoms with Crippen LogP contribution < -0.4 is 16.0 Å². The number of benzene rings is 1. The fourth-order valence-corrected chi connectivity index (χ4v) is 2.13. The molecule has 0 aliphatic carbocycles. The normalized spacial score (nSPS) is 12.4. The Morgan fingerprint density at radius 1 is 1.15 bits per heavy atom. The molecule has 1 unspecified atom stereocenters. The second kappa shape index (κ2) is 8.92. The average molecular weight is 282 g/mol. The lowest BCUT2D eigenvalue weighted by Gasteiger charge is -2.21. The summed E-state index contributed by atoms with van der Waals surface area (Å²) in [5.41, 5.74) is 6.25. The van der Waals surface area contributed by atoms with Crippen molar-refractivity contribution < 1.29 is 14.2 Å². The molecule has 0 saturated carbocycles. The summed E-state index contributed by atoms with van der Waals surface area (Å²) >= 11 is 0. The highest BCUT2D eigenvalue weighted by molar-refractivity contribution is 5.46. The van der Waals surface area contributed by atoms with E-state index in [1.165, 1.54) is 5.56 Å². The Morgan fingerprint density at radius 3 is 2.50 bits per heavy atom. The van der Waals surface area contributed by atoms with Crippen molar-refractivity contribution in [3.63, 3.8) is 0 Å². The molecule has 0 aromatic heterocycles. The Morgan fingerprint density at radius 2 is 1.90 bits per heavy atom. The molecule has 0 heterocycles. The highest BCUT2D eigenvalue weighted by atomic mass is 16.5. The number of methoxy groups -OCH3 is 2. The average Bonchev–Trinajstić information content (AvgIpc) is 2.46. The number of hydrogen-bond acceptors (Lipinski definition) is 5. The molecule has 0 saturated heterocycles. The molecule has 0 radical (unpaired) electrons. The Bertz CT molecular complexity index is 410. The maximum atomic E-state index is 5.67. The van der Waals surface area contributed by atoms with Crippen molar-refractivity contribution in [1.29, 1.82) is 0 Å². The van der Waals surface area contributed by atoms with E-state index in [0.29, 0.717) is 19.8 Å². The maximum absolute atomic E-state index is 5.67. The lowest BCUT2D eigenvalue weighted by atomic mass is 9.98. The van der Waals surface area contributed by atoms with Gasteiger partial charge in [-0.05, 0) is 31.4 Å². The molecule has 0 spiro atoms. The summed E-state index contributed by atoms with van der Waals surface area (Å²) in [6.45, 7) is 5.94. The van der Waals surface area contributed by atoms with Crippen molar-refractivity contribution >= 4 is 0 Å². The Balaban J connectivity index is 2.72. The van der Waals surface area contributed by atoms with Gasteiger partial charge in [-0.15, -0.1) is 0 Å². The number of nitrogens with one attached hydrogen (secondary N) is 1. The molecule has 0 bridgehead atoms. The van der Waals surface area contributed by atoms with Gasteiger partial charge >= 0.3 is 0 Å². The molecule has 0 amide bonds. The first-order chi connectivity index (χ1) is 9.65. The van der Waals surface area contributed by atoms with Crippen LogP contribution in [0.15, 0.2) is 12.1 Å². The lowest BCUT2D eigenvalue weighted by molar-refractivity contribution is 0.0656. The van der Waals surface area contributed by atoms with E-state index in [4.69, 9.17) is 20.1 Å². The van der Waals surface area contributed by atoms with Crippen molar-refractivity contribution in [2.24, 2.45) is 5.84 Å². The molecular weight excluding hydrogens is 256 g/mol. The van der Waals surface area contributed by atoms with Crippen LogP contribution in [0.1, 0.15) is 29.2 Å². The number of nitrogens with two attached hydrogens (primary N) is 1. The Kier molecular flexibility index (Phi) is 7.54. The van der Waals surface area contributed by atoms with Crippen molar-refractivity contribution in [2.45, 2.75) is 26.3 Å². The van der Waals surface area contributed by atoms with Gasteiger partial charge in [0.15, 0.2) is 0 Å². The standard InChI is InChI=1S/C15H26N2O3/c1-11-5-6-13(15(19-4)12(11)2)14(17-16)7-8-20-10-9-18-3/h5-6,14,17H,7-10,16H2,1-4H3. The Labute approximate surface area is 121 Å². The summed E-state index contributed by atoms with van der Waals surface area (Å²) in [5.74, 6) is 6.56. The van der Waals surface area contributed by atoms with E-state index in [2.05, 4.69) is 31.4 Å². The molecule has 0 aliphatic rings. The van der Waals surface area contributed by atoms with Crippen molar-refractivity contribution in [3.8, 4) is 5.75 Å². The predicted octanol–water partition coefficient (Wildman–Crippen LogP) is 1.87. The molecule has 1 aromatic carbocycles. The van der Waals surface area contributed by atoms with Crippen LogP contribution in [0.25, 0.3) is 0 Å². The molecule has 3 N–H and O–H groups in total. The van der Waals surface area contributed by atoms with E-state index in [0.717, 1.165) is 23.3 Å². The summed E-state index contributed by atoms with van der Waals surface area (Å²) in [6, 6.07) is 4.15. The first-order valence-electron chi connectivity index (χ1n) is 6.82. The minimum atomic E-state index is 0.00629. The van der Waals surface area contributed by atoms with Crippen LogP contribution in [0, 0.1) is 13.8 Å². The van der Waals surface area contributed by atoms with Crippen molar-refractivity contribution in [2.75, 3.05) is 34.0 Å². The monoisotopic (exact) mass is 282 g/mol. The van der Waals surface area contributed by atoms with E-state index >= 15 is 0 Å². The molecule has 5 heteroatoms. The molecule has 5 nitrogen and oxygen atoms in total. The quantitative estimate of drug-likeness (QED) is 0.411. The number of aryl methyl sites for hydroxylation is 1. The van der Waals surface area contributed by atoms with Gasteiger partial charge in [-0.25, -0.2) is 0 Å². The minimum absolute atomic E-state index is 0.00629. The molecule has 1 atom stereocenters. The molecule has 114 valence electrons. The SMILES string of the molecule is COCCOCCC(NN)c1ccc(C)c(C)c1OC.